The van der Waals surface area contributed by atoms with E-state index in [1.54, 1.807) is 0 Å². The van der Waals surface area contributed by atoms with Gasteiger partial charge in [0.1, 0.15) is 17.3 Å². The van der Waals surface area contributed by atoms with Crippen molar-refractivity contribution in [3.8, 4) is 0 Å². The van der Waals surface area contributed by atoms with E-state index in [1.165, 1.54) is 29.7 Å². The van der Waals surface area contributed by atoms with Crippen LogP contribution >= 0.6 is 0 Å². The Balaban J connectivity index is 1.39. The van der Waals surface area contributed by atoms with Gasteiger partial charge in [-0.15, -0.1) is 0 Å². The first-order valence-corrected chi connectivity index (χ1v) is 10.4. The van der Waals surface area contributed by atoms with Crippen molar-refractivity contribution in [2.75, 3.05) is 43.1 Å². The maximum Gasteiger partial charge on any atom is 0.227 e. The second-order valence-corrected chi connectivity index (χ2v) is 8.23. The molecule has 0 radical (unpaired) electrons. The molecule has 4 heterocycles. The lowest BCUT2D eigenvalue weighted by Gasteiger charge is -2.32. The Bertz CT molecular complexity index is 835. The predicted octanol–water partition coefficient (Wildman–Crippen LogP) is 2.66. The number of ether oxygens (including phenoxy) is 1. The Labute approximate surface area is 166 Å². The van der Waals surface area contributed by atoms with Crippen LogP contribution in [0.2, 0.25) is 0 Å². The molecule has 5 rings (SSSR count). The van der Waals surface area contributed by atoms with Gasteiger partial charge >= 0.3 is 0 Å². The van der Waals surface area contributed by atoms with E-state index >= 15 is 0 Å². The molecule has 2 aromatic rings. The third kappa shape index (κ3) is 3.73. The number of hydrogen-bond donors (Lipinski definition) is 1. The molecule has 0 unspecified atom stereocenters. The molecule has 3 aliphatic rings. The van der Waals surface area contributed by atoms with Gasteiger partial charge in [-0.1, -0.05) is 0 Å². The van der Waals surface area contributed by atoms with E-state index in [0.29, 0.717) is 6.04 Å². The fourth-order valence-corrected chi connectivity index (χ4v) is 3.99. The van der Waals surface area contributed by atoms with Crippen LogP contribution in [0, 0.1) is 13.8 Å². The third-order valence-electron chi connectivity index (χ3n) is 5.94. The molecule has 0 spiro atoms. The number of fused-ring (bicyclic) bond motifs is 1. The molecule has 2 aromatic heterocycles. The minimum atomic E-state index is 0.572. The van der Waals surface area contributed by atoms with Crippen molar-refractivity contribution in [3.63, 3.8) is 0 Å². The van der Waals surface area contributed by atoms with E-state index < -0.39 is 0 Å². The first kappa shape index (κ1) is 17.9. The standard InChI is InChI=1S/C21H29N5O2/c1-14-11-17(28-15(14)2)12-25-6-5-19-18(13-25)20(22-16-3-4-16)24-21(23-19)26-7-9-27-10-8-26/h11,16H,3-10,12-13H2,1-2H3,(H,22,23,24). The van der Waals surface area contributed by atoms with Crippen molar-refractivity contribution in [1.29, 1.82) is 0 Å². The molecule has 0 aromatic carbocycles. The summed E-state index contributed by atoms with van der Waals surface area (Å²) in [5, 5.41) is 3.66. The van der Waals surface area contributed by atoms with E-state index in [-0.39, 0.29) is 0 Å². The monoisotopic (exact) mass is 383 g/mol. The minimum absolute atomic E-state index is 0.572. The number of nitrogens with zero attached hydrogens (tertiary/aromatic N) is 4. The van der Waals surface area contributed by atoms with Gasteiger partial charge in [0, 0.05) is 44.2 Å². The maximum absolute atomic E-state index is 5.90. The summed E-state index contributed by atoms with van der Waals surface area (Å²) in [6.45, 7) is 10.1. The van der Waals surface area contributed by atoms with E-state index in [9.17, 15) is 0 Å². The Morgan fingerprint density at radius 2 is 1.96 bits per heavy atom. The highest BCUT2D eigenvalue weighted by molar-refractivity contribution is 5.53. The van der Waals surface area contributed by atoms with Crippen LogP contribution in [0.5, 0.6) is 0 Å². The molecule has 0 atom stereocenters. The fourth-order valence-electron chi connectivity index (χ4n) is 3.99. The van der Waals surface area contributed by atoms with Gasteiger partial charge < -0.3 is 19.4 Å². The lowest BCUT2D eigenvalue weighted by molar-refractivity contribution is 0.122. The van der Waals surface area contributed by atoms with Gasteiger partial charge in [-0.2, -0.15) is 4.98 Å². The summed E-state index contributed by atoms with van der Waals surface area (Å²) in [6.07, 6.45) is 3.42. The summed E-state index contributed by atoms with van der Waals surface area (Å²) in [4.78, 5) is 14.6. The zero-order valence-electron chi connectivity index (χ0n) is 16.8. The maximum atomic E-state index is 5.90. The van der Waals surface area contributed by atoms with Crippen LogP contribution in [0.3, 0.4) is 0 Å². The van der Waals surface area contributed by atoms with Crippen molar-refractivity contribution < 1.29 is 9.15 Å². The van der Waals surface area contributed by atoms with Gasteiger partial charge in [0.2, 0.25) is 5.95 Å². The summed E-state index contributed by atoms with van der Waals surface area (Å²) in [7, 11) is 0. The van der Waals surface area contributed by atoms with Gasteiger partial charge in [-0.3, -0.25) is 4.90 Å². The molecule has 150 valence electrons. The Hall–Kier alpha value is -2.12. The van der Waals surface area contributed by atoms with Crippen LogP contribution in [-0.2, 0) is 24.2 Å². The molecule has 0 bridgehead atoms. The molecule has 7 nitrogen and oxygen atoms in total. The minimum Gasteiger partial charge on any atom is -0.465 e. The molecule has 2 aliphatic heterocycles. The zero-order valence-corrected chi connectivity index (χ0v) is 16.8. The molecule has 28 heavy (non-hydrogen) atoms. The number of morpholine rings is 1. The number of aryl methyl sites for hydroxylation is 2. The summed E-state index contributed by atoms with van der Waals surface area (Å²) < 4.78 is 11.4. The third-order valence-corrected chi connectivity index (χ3v) is 5.94. The second kappa shape index (κ2) is 7.37. The van der Waals surface area contributed by atoms with Crippen LogP contribution in [0.1, 0.15) is 41.2 Å². The van der Waals surface area contributed by atoms with Crippen molar-refractivity contribution in [2.24, 2.45) is 0 Å². The topological polar surface area (TPSA) is 66.7 Å². The lowest BCUT2D eigenvalue weighted by Crippen LogP contribution is -2.38. The van der Waals surface area contributed by atoms with Gasteiger partial charge in [0.15, 0.2) is 0 Å². The van der Waals surface area contributed by atoms with Gasteiger partial charge in [-0.25, -0.2) is 4.98 Å². The number of nitrogens with one attached hydrogen (secondary N) is 1. The van der Waals surface area contributed by atoms with Crippen molar-refractivity contribution >= 4 is 11.8 Å². The van der Waals surface area contributed by atoms with Crippen LogP contribution in [0.25, 0.3) is 0 Å². The molecule has 7 heteroatoms. The smallest absolute Gasteiger partial charge is 0.227 e. The van der Waals surface area contributed by atoms with Gasteiger partial charge in [0.05, 0.1) is 25.5 Å². The van der Waals surface area contributed by atoms with Crippen LogP contribution < -0.4 is 10.2 Å². The van der Waals surface area contributed by atoms with Crippen LogP contribution in [-0.4, -0.2) is 53.8 Å². The average molecular weight is 383 g/mol. The van der Waals surface area contributed by atoms with Crippen LogP contribution in [0.4, 0.5) is 11.8 Å². The summed E-state index contributed by atoms with van der Waals surface area (Å²) in [6, 6.07) is 2.73. The molecule has 1 saturated carbocycles. The molecular weight excluding hydrogens is 354 g/mol. The number of aromatic nitrogens is 2. The molecule has 1 aliphatic carbocycles. The first-order valence-electron chi connectivity index (χ1n) is 10.4. The molecule has 1 saturated heterocycles. The van der Waals surface area contributed by atoms with Gasteiger partial charge in [0.25, 0.3) is 0 Å². The Morgan fingerprint density at radius 3 is 2.68 bits per heavy atom. The second-order valence-electron chi connectivity index (χ2n) is 8.23. The highest BCUT2D eigenvalue weighted by atomic mass is 16.5. The van der Waals surface area contributed by atoms with Crippen molar-refractivity contribution in [1.82, 2.24) is 14.9 Å². The molecular formula is C21H29N5O2. The highest BCUT2D eigenvalue weighted by Crippen LogP contribution is 2.32. The molecule has 1 N–H and O–H groups in total. The quantitative estimate of drug-likeness (QED) is 0.851. The van der Waals surface area contributed by atoms with Crippen molar-refractivity contribution in [2.45, 2.75) is 52.2 Å². The average Bonchev–Trinajstić information content (AvgIpc) is 3.47. The number of furan rings is 1. The van der Waals surface area contributed by atoms with E-state index in [4.69, 9.17) is 19.1 Å². The fraction of sp³-hybridized carbons (Fsp3) is 0.619. The van der Waals surface area contributed by atoms with E-state index in [1.807, 2.05) is 6.92 Å². The summed E-state index contributed by atoms with van der Waals surface area (Å²) in [5.41, 5.74) is 3.68. The zero-order chi connectivity index (χ0) is 19.1. The normalized spacial score (nSPS) is 20.3. The number of rotatable bonds is 5. The van der Waals surface area contributed by atoms with Gasteiger partial charge in [-0.05, 0) is 38.3 Å². The van der Waals surface area contributed by atoms with E-state index in [0.717, 1.165) is 75.6 Å². The summed E-state index contributed by atoms with van der Waals surface area (Å²) >= 11 is 0. The predicted molar refractivity (Wildman–Crippen MR) is 108 cm³/mol. The SMILES string of the molecule is Cc1cc(CN2CCc3nc(N4CCOCC4)nc(NC4CC4)c3C2)oc1C. The molecule has 2 fully saturated rings. The first-order chi connectivity index (χ1) is 13.7. The largest absolute Gasteiger partial charge is 0.465 e. The number of hydrogen-bond acceptors (Lipinski definition) is 7. The van der Waals surface area contributed by atoms with E-state index in [2.05, 4.69) is 28.1 Å². The lowest BCUT2D eigenvalue weighted by atomic mass is 10.1. The Kier molecular flexibility index (Phi) is 4.72. The highest BCUT2D eigenvalue weighted by Gasteiger charge is 2.29. The Morgan fingerprint density at radius 1 is 1.14 bits per heavy atom. The summed E-state index contributed by atoms with van der Waals surface area (Å²) in [5.74, 6) is 3.95. The number of anilines is 2. The van der Waals surface area contributed by atoms with Crippen molar-refractivity contribution in [3.05, 3.63) is 34.4 Å². The van der Waals surface area contributed by atoms with Crippen LogP contribution in [0.15, 0.2) is 10.5 Å². The molecule has 0 amide bonds.